The number of aromatic nitrogens is 1. The molecule has 0 amide bonds. The highest BCUT2D eigenvalue weighted by Gasteiger charge is 2.05. The van der Waals surface area contributed by atoms with E-state index in [1.807, 2.05) is 37.3 Å². The summed E-state index contributed by atoms with van der Waals surface area (Å²) in [4.78, 5) is 3.98. The van der Waals surface area contributed by atoms with E-state index >= 15 is 0 Å². The first kappa shape index (κ1) is 13.3. The summed E-state index contributed by atoms with van der Waals surface area (Å²) in [6, 6.07) is 16.2. The predicted octanol–water partition coefficient (Wildman–Crippen LogP) is 4.99. The number of hydrogen-bond acceptors (Lipinski definition) is 2. The van der Waals surface area contributed by atoms with Crippen molar-refractivity contribution < 1.29 is 9.13 Å². The molecule has 0 aliphatic carbocycles. The number of rotatable bonds is 3. The lowest BCUT2D eigenvalue weighted by atomic mass is 10.0. The Labute approximate surface area is 122 Å². The lowest BCUT2D eigenvalue weighted by Crippen LogP contribution is -1.88. The van der Waals surface area contributed by atoms with Crippen molar-refractivity contribution in [1.29, 1.82) is 0 Å². The second kappa shape index (κ2) is 5.75. The Bertz CT molecular complexity index is 756. The molecule has 0 radical (unpaired) electrons. The van der Waals surface area contributed by atoms with Crippen LogP contribution >= 0.6 is 0 Å². The van der Waals surface area contributed by atoms with E-state index in [4.69, 9.17) is 4.74 Å². The Balaban J connectivity index is 1.97. The fourth-order valence-electron chi connectivity index (χ4n) is 2.16. The van der Waals surface area contributed by atoms with Gasteiger partial charge in [-0.25, -0.2) is 4.39 Å². The molecular weight excluding hydrogens is 265 g/mol. The van der Waals surface area contributed by atoms with Crippen LogP contribution in [0, 0.1) is 12.7 Å². The normalized spacial score (nSPS) is 10.4. The minimum atomic E-state index is -0.326. The van der Waals surface area contributed by atoms with E-state index in [1.54, 1.807) is 24.5 Å². The zero-order chi connectivity index (χ0) is 14.7. The van der Waals surface area contributed by atoms with Crippen molar-refractivity contribution >= 4 is 0 Å². The van der Waals surface area contributed by atoms with Crippen molar-refractivity contribution in [2.45, 2.75) is 6.92 Å². The third-order valence-electron chi connectivity index (χ3n) is 3.09. The lowest BCUT2D eigenvalue weighted by molar-refractivity contribution is 0.475. The molecule has 104 valence electrons. The van der Waals surface area contributed by atoms with Crippen molar-refractivity contribution in [2.24, 2.45) is 0 Å². The number of aryl methyl sites for hydroxylation is 1. The molecule has 0 aliphatic rings. The molecule has 21 heavy (non-hydrogen) atoms. The summed E-state index contributed by atoms with van der Waals surface area (Å²) in [6.45, 7) is 2.01. The highest BCUT2D eigenvalue weighted by atomic mass is 19.1. The van der Waals surface area contributed by atoms with Gasteiger partial charge in [-0.3, -0.25) is 4.98 Å². The van der Waals surface area contributed by atoms with Crippen LogP contribution in [0.1, 0.15) is 5.56 Å². The van der Waals surface area contributed by atoms with E-state index in [-0.39, 0.29) is 5.82 Å². The van der Waals surface area contributed by atoms with Gasteiger partial charge in [0.15, 0.2) is 0 Å². The Morgan fingerprint density at radius 1 is 0.905 bits per heavy atom. The summed E-state index contributed by atoms with van der Waals surface area (Å²) in [5, 5.41) is 0. The van der Waals surface area contributed by atoms with E-state index in [0.29, 0.717) is 11.5 Å². The van der Waals surface area contributed by atoms with Gasteiger partial charge in [-0.15, -0.1) is 0 Å². The highest BCUT2D eigenvalue weighted by molar-refractivity contribution is 5.66. The smallest absolute Gasteiger partial charge is 0.145 e. The molecule has 1 aromatic heterocycles. The van der Waals surface area contributed by atoms with Gasteiger partial charge in [-0.05, 0) is 42.3 Å². The average Bonchev–Trinajstić information content (AvgIpc) is 2.48. The first-order chi connectivity index (χ1) is 10.2. The van der Waals surface area contributed by atoms with Gasteiger partial charge in [-0.2, -0.15) is 0 Å². The molecule has 2 aromatic carbocycles. The lowest BCUT2D eigenvalue weighted by Gasteiger charge is -2.09. The molecule has 0 atom stereocenters. The van der Waals surface area contributed by atoms with E-state index < -0.39 is 0 Å². The van der Waals surface area contributed by atoms with Gasteiger partial charge in [0.1, 0.15) is 17.3 Å². The van der Waals surface area contributed by atoms with Crippen LogP contribution < -0.4 is 4.74 Å². The van der Waals surface area contributed by atoms with Crippen LogP contribution in [-0.2, 0) is 0 Å². The fraction of sp³-hybridized carbons (Fsp3) is 0.0556. The van der Waals surface area contributed by atoms with Crippen LogP contribution in [0.5, 0.6) is 11.5 Å². The van der Waals surface area contributed by atoms with Crippen molar-refractivity contribution in [2.75, 3.05) is 0 Å². The average molecular weight is 279 g/mol. The first-order valence-electron chi connectivity index (χ1n) is 6.66. The minimum absolute atomic E-state index is 0.326. The quantitative estimate of drug-likeness (QED) is 0.674. The van der Waals surface area contributed by atoms with Crippen LogP contribution in [0.2, 0.25) is 0 Å². The molecule has 3 heteroatoms. The molecule has 0 unspecified atom stereocenters. The van der Waals surface area contributed by atoms with Crippen LogP contribution in [0.15, 0.2) is 67.0 Å². The van der Waals surface area contributed by atoms with Crippen LogP contribution in [0.3, 0.4) is 0 Å². The van der Waals surface area contributed by atoms with Gasteiger partial charge in [0.25, 0.3) is 0 Å². The first-order valence-corrected chi connectivity index (χ1v) is 6.66. The van der Waals surface area contributed by atoms with Crippen molar-refractivity contribution in [3.63, 3.8) is 0 Å². The molecule has 0 bridgehead atoms. The molecule has 0 saturated heterocycles. The number of benzene rings is 2. The Morgan fingerprint density at radius 2 is 1.81 bits per heavy atom. The van der Waals surface area contributed by atoms with Gasteiger partial charge in [0, 0.05) is 12.3 Å². The molecular formula is C18H14FNO. The van der Waals surface area contributed by atoms with E-state index in [0.717, 1.165) is 16.7 Å². The molecule has 2 nitrogen and oxygen atoms in total. The summed E-state index contributed by atoms with van der Waals surface area (Å²) in [5.74, 6) is 0.714. The van der Waals surface area contributed by atoms with E-state index in [9.17, 15) is 4.39 Å². The van der Waals surface area contributed by atoms with Gasteiger partial charge in [-0.1, -0.05) is 29.8 Å². The number of ether oxygens (including phenoxy) is 1. The molecule has 0 aliphatic heterocycles. The molecule has 0 fully saturated rings. The zero-order valence-corrected chi connectivity index (χ0v) is 11.6. The predicted molar refractivity (Wildman–Crippen MR) is 80.9 cm³/mol. The topological polar surface area (TPSA) is 22.1 Å². The molecule has 0 spiro atoms. The van der Waals surface area contributed by atoms with Crippen molar-refractivity contribution in [3.05, 3.63) is 78.4 Å². The third kappa shape index (κ3) is 3.26. The standard InChI is InChI=1S/C18H14FNO/c1-13-4-2-5-14(8-13)15-9-16(19)11-18(10-15)21-17-6-3-7-20-12-17/h2-12H,1H3. The van der Waals surface area contributed by atoms with Crippen LogP contribution in [0.25, 0.3) is 11.1 Å². The molecule has 3 rings (SSSR count). The zero-order valence-electron chi connectivity index (χ0n) is 11.6. The van der Waals surface area contributed by atoms with E-state index in [1.165, 1.54) is 12.1 Å². The largest absolute Gasteiger partial charge is 0.456 e. The van der Waals surface area contributed by atoms with Gasteiger partial charge < -0.3 is 4.74 Å². The van der Waals surface area contributed by atoms with Gasteiger partial charge in [0.05, 0.1) is 6.20 Å². The van der Waals surface area contributed by atoms with Gasteiger partial charge >= 0.3 is 0 Å². The Morgan fingerprint density at radius 3 is 2.57 bits per heavy atom. The summed E-state index contributed by atoms with van der Waals surface area (Å²) >= 11 is 0. The van der Waals surface area contributed by atoms with E-state index in [2.05, 4.69) is 4.98 Å². The summed E-state index contributed by atoms with van der Waals surface area (Å²) in [5.41, 5.74) is 2.88. The maximum Gasteiger partial charge on any atom is 0.145 e. The Kier molecular flexibility index (Phi) is 3.65. The number of pyridine rings is 1. The van der Waals surface area contributed by atoms with Crippen molar-refractivity contribution in [1.82, 2.24) is 4.98 Å². The maximum absolute atomic E-state index is 13.8. The number of hydrogen-bond donors (Lipinski definition) is 0. The summed E-state index contributed by atoms with van der Waals surface area (Å²) in [7, 11) is 0. The maximum atomic E-state index is 13.8. The fourth-order valence-corrected chi connectivity index (χ4v) is 2.16. The van der Waals surface area contributed by atoms with Gasteiger partial charge in [0.2, 0.25) is 0 Å². The van der Waals surface area contributed by atoms with Crippen LogP contribution in [-0.4, -0.2) is 4.98 Å². The second-order valence-corrected chi connectivity index (χ2v) is 4.84. The molecule has 1 heterocycles. The summed E-state index contributed by atoms with van der Waals surface area (Å²) in [6.07, 6.45) is 3.26. The van der Waals surface area contributed by atoms with Crippen molar-refractivity contribution in [3.8, 4) is 22.6 Å². The molecule has 3 aromatic rings. The molecule has 0 N–H and O–H groups in total. The number of halogens is 1. The summed E-state index contributed by atoms with van der Waals surface area (Å²) < 4.78 is 19.5. The number of nitrogens with zero attached hydrogens (tertiary/aromatic N) is 1. The Hall–Kier alpha value is -2.68. The van der Waals surface area contributed by atoms with Crippen LogP contribution in [0.4, 0.5) is 4.39 Å². The SMILES string of the molecule is Cc1cccc(-c2cc(F)cc(Oc3cccnc3)c2)c1. The monoisotopic (exact) mass is 279 g/mol. The second-order valence-electron chi connectivity index (χ2n) is 4.84. The highest BCUT2D eigenvalue weighted by Crippen LogP contribution is 2.28. The third-order valence-corrected chi connectivity index (χ3v) is 3.09. The molecule has 0 saturated carbocycles. The minimum Gasteiger partial charge on any atom is -0.456 e.